The number of esters is 1. The molecule has 1 aromatic rings. The normalized spacial score (nSPS) is 26.3. The second-order valence-corrected chi connectivity index (χ2v) is 4.48. The molecule has 0 radical (unpaired) electrons. The molecule has 1 heterocycles. The fourth-order valence-corrected chi connectivity index (χ4v) is 2.23. The first-order valence-electron chi connectivity index (χ1n) is 4.62. The molecule has 3 heteroatoms. The van der Waals surface area contributed by atoms with Crippen LogP contribution in [0.25, 0.3) is 0 Å². The first-order chi connectivity index (χ1) is 6.66. The van der Waals surface area contributed by atoms with Gasteiger partial charge in [-0.25, -0.2) is 0 Å². The fourth-order valence-electron chi connectivity index (χ4n) is 1.81. The number of hydrogen-bond donors (Lipinski definition) is 0. The summed E-state index contributed by atoms with van der Waals surface area (Å²) in [5.41, 5.74) is 1.16. The molecule has 14 heavy (non-hydrogen) atoms. The van der Waals surface area contributed by atoms with Crippen LogP contribution in [0.3, 0.4) is 0 Å². The Kier molecular flexibility index (Phi) is 2.59. The van der Waals surface area contributed by atoms with Crippen LogP contribution in [0.5, 0.6) is 0 Å². The molecule has 2 atom stereocenters. The topological polar surface area (TPSA) is 26.3 Å². The Balaban J connectivity index is 2.27. The smallest absolute Gasteiger partial charge is 0.306 e. The molecule has 1 fully saturated rings. The molecule has 74 valence electrons. The Morgan fingerprint density at radius 3 is 2.86 bits per heavy atom. The number of halogens is 1. The highest BCUT2D eigenvalue weighted by Gasteiger charge is 2.32. The molecular weight excluding hydrogens is 244 g/mol. The van der Waals surface area contributed by atoms with Gasteiger partial charge in [0.15, 0.2) is 0 Å². The first kappa shape index (κ1) is 9.71. The van der Waals surface area contributed by atoms with Gasteiger partial charge in [0, 0.05) is 10.4 Å². The Morgan fingerprint density at radius 2 is 2.29 bits per heavy atom. The third-order valence-corrected chi connectivity index (χ3v) is 3.04. The lowest BCUT2D eigenvalue weighted by molar-refractivity contribution is -0.140. The number of hydrogen-bond acceptors (Lipinski definition) is 2. The quantitative estimate of drug-likeness (QED) is 0.721. The van der Waals surface area contributed by atoms with Crippen LogP contribution in [0.2, 0.25) is 0 Å². The summed E-state index contributed by atoms with van der Waals surface area (Å²) in [4.78, 5) is 11.1. The molecule has 1 unspecified atom stereocenters. The van der Waals surface area contributed by atoms with Gasteiger partial charge in [0.1, 0.15) is 6.10 Å². The number of rotatable bonds is 1. The lowest BCUT2D eigenvalue weighted by Crippen LogP contribution is -2.09. The summed E-state index contributed by atoms with van der Waals surface area (Å²) >= 11 is 3.42. The maximum atomic E-state index is 11.1. The number of cyclic esters (lactones) is 1. The predicted octanol–water partition coefficient (Wildman–Crippen LogP) is 2.87. The molecule has 1 aliphatic rings. The summed E-state index contributed by atoms with van der Waals surface area (Å²) in [6.45, 7) is 1.94. The van der Waals surface area contributed by atoms with E-state index in [2.05, 4.69) is 15.9 Å². The van der Waals surface area contributed by atoms with E-state index in [9.17, 15) is 4.79 Å². The number of carbonyl (C=O) groups is 1. The average Bonchev–Trinajstić information content (AvgIpc) is 2.45. The van der Waals surface area contributed by atoms with Crippen LogP contribution < -0.4 is 0 Å². The van der Waals surface area contributed by atoms with Gasteiger partial charge in [-0.15, -0.1) is 0 Å². The summed E-state index contributed by atoms with van der Waals surface area (Å²) in [6, 6.07) is 8.04. The zero-order chi connectivity index (χ0) is 10.1. The summed E-state index contributed by atoms with van der Waals surface area (Å²) < 4.78 is 6.16. The van der Waals surface area contributed by atoms with Gasteiger partial charge in [-0.2, -0.15) is 0 Å². The van der Waals surface area contributed by atoms with Gasteiger partial charge < -0.3 is 4.74 Å². The fraction of sp³-hybridized carbons (Fsp3) is 0.364. The Labute approximate surface area is 91.4 Å². The van der Waals surface area contributed by atoms with Crippen molar-refractivity contribution >= 4 is 21.9 Å². The number of ether oxygens (including phenoxy) is 1. The lowest BCUT2D eigenvalue weighted by Gasteiger charge is -2.12. The van der Waals surface area contributed by atoms with Crippen molar-refractivity contribution in [2.24, 2.45) is 0 Å². The highest BCUT2D eigenvalue weighted by Crippen LogP contribution is 2.32. The van der Waals surface area contributed by atoms with Crippen LogP contribution in [-0.2, 0) is 9.53 Å². The van der Waals surface area contributed by atoms with E-state index in [-0.39, 0.29) is 18.0 Å². The van der Waals surface area contributed by atoms with Crippen molar-refractivity contribution in [3.63, 3.8) is 0 Å². The molecule has 0 saturated carbocycles. The van der Waals surface area contributed by atoms with Gasteiger partial charge in [0.2, 0.25) is 0 Å². The maximum absolute atomic E-state index is 11.1. The lowest BCUT2D eigenvalue weighted by atomic mass is 9.93. The van der Waals surface area contributed by atoms with Crippen molar-refractivity contribution in [3.05, 3.63) is 34.3 Å². The van der Waals surface area contributed by atoms with Crippen LogP contribution in [0.15, 0.2) is 28.7 Å². The minimum absolute atomic E-state index is 0.00296. The molecular formula is C11H11BrO2. The van der Waals surface area contributed by atoms with Gasteiger partial charge in [-0.3, -0.25) is 4.79 Å². The molecule has 1 aliphatic heterocycles. The molecule has 0 aromatic heterocycles. The van der Waals surface area contributed by atoms with E-state index >= 15 is 0 Å². The Morgan fingerprint density at radius 1 is 1.50 bits per heavy atom. The minimum atomic E-state index is -0.0949. The first-order valence-corrected chi connectivity index (χ1v) is 5.41. The van der Waals surface area contributed by atoms with E-state index in [1.54, 1.807) is 0 Å². The van der Waals surface area contributed by atoms with E-state index in [0.717, 1.165) is 10.0 Å². The molecule has 1 saturated heterocycles. The molecule has 1 aromatic carbocycles. The Bertz CT molecular complexity index is 362. The molecule has 0 bridgehead atoms. The zero-order valence-electron chi connectivity index (χ0n) is 7.87. The SMILES string of the molecule is CC1OC(=O)C[C@@H]1c1cccc(Br)c1. The average molecular weight is 255 g/mol. The monoisotopic (exact) mass is 254 g/mol. The molecule has 0 aliphatic carbocycles. The molecule has 0 spiro atoms. The predicted molar refractivity (Wildman–Crippen MR) is 57.1 cm³/mol. The third kappa shape index (κ3) is 1.82. The van der Waals surface area contributed by atoms with Crippen LogP contribution in [0.1, 0.15) is 24.8 Å². The maximum Gasteiger partial charge on any atom is 0.306 e. The van der Waals surface area contributed by atoms with Crippen molar-refractivity contribution in [2.75, 3.05) is 0 Å². The molecule has 2 nitrogen and oxygen atoms in total. The second kappa shape index (κ2) is 3.73. The summed E-state index contributed by atoms with van der Waals surface area (Å²) in [5, 5.41) is 0. The minimum Gasteiger partial charge on any atom is -0.462 e. The molecule has 0 N–H and O–H groups in total. The van der Waals surface area contributed by atoms with Crippen LogP contribution in [0.4, 0.5) is 0 Å². The van der Waals surface area contributed by atoms with Crippen LogP contribution >= 0.6 is 15.9 Å². The van der Waals surface area contributed by atoms with E-state index in [4.69, 9.17) is 4.74 Å². The zero-order valence-corrected chi connectivity index (χ0v) is 9.45. The molecule has 0 amide bonds. The molecule has 2 rings (SSSR count). The van der Waals surface area contributed by atoms with Crippen LogP contribution in [0, 0.1) is 0 Å². The highest BCUT2D eigenvalue weighted by molar-refractivity contribution is 9.10. The summed E-state index contributed by atoms with van der Waals surface area (Å²) in [5.74, 6) is 0.113. The number of benzene rings is 1. The summed E-state index contributed by atoms with van der Waals surface area (Å²) in [7, 11) is 0. The second-order valence-electron chi connectivity index (χ2n) is 3.56. The van der Waals surface area contributed by atoms with Gasteiger partial charge in [0.25, 0.3) is 0 Å². The highest BCUT2D eigenvalue weighted by atomic mass is 79.9. The summed E-state index contributed by atoms with van der Waals surface area (Å²) in [6.07, 6.45) is 0.495. The van der Waals surface area contributed by atoms with Crippen LogP contribution in [-0.4, -0.2) is 12.1 Å². The van der Waals surface area contributed by atoms with Crippen molar-refractivity contribution in [3.8, 4) is 0 Å². The van der Waals surface area contributed by atoms with Gasteiger partial charge in [-0.1, -0.05) is 28.1 Å². The largest absolute Gasteiger partial charge is 0.462 e. The van der Waals surface area contributed by atoms with Crippen molar-refractivity contribution in [1.82, 2.24) is 0 Å². The van der Waals surface area contributed by atoms with Gasteiger partial charge in [-0.05, 0) is 24.6 Å². The van der Waals surface area contributed by atoms with Crippen molar-refractivity contribution < 1.29 is 9.53 Å². The number of carbonyl (C=O) groups excluding carboxylic acids is 1. The van der Waals surface area contributed by atoms with Gasteiger partial charge >= 0.3 is 5.97 Å². The van der Waals surface area contributed by atoms with E-state index in [0.29, 0.717) is 6.42 Å². The third-order valence-electron chi connectivity index (χ3n) is 2.55. The van der Waals surface area contributed by atoms with Gasteiger partial charge in [0.05, 0.1) is 6.42 Å². The van der Waals surface area contributed by atoms with E-state index in [1.807, 2.05) is 31.2 Å². The standard InChI is InChI=1S/C11H11BrO2/c1-7-10(6-11(13)14-7)8-3-2-4-9(12)5-8/h2-5,7,10H,6H2,1H3/t7?,10-/m0/s1. The van der Waals surface area contributed by atoms with Crippen molar-refractivity contribution in [2.45, 2.75) is 25.4 Å². The van der Waals surface area contributed by atoms with E-state index < -0.39 is 0 Å². The van der Waals surface area contributed by atoms with E-state index in [1.165, 1.54) is 0 Å². The van der Waals surface area contributed by atoms with Crippen molar-refractivity contribution in [1.29, 1.82) is 0 Å². The Hall–Kier alpha value is -0.830.